The predicted molar refractivity (Wildman–Crippen MR) is 118 cm³/mol. The lowest BCUT2D eigenvalue weighted by atomic mass is 10.1. The van der Waals surface area contributed by atoms with Gasteiger partial charge in [-0.15, -0.1) is 0 Å². The van der Waals surface area contributed by atoms with Crippen LogP contribution in [0.5, 0.6) is 5.75 Å². The Balaban J connectivity index is 2.04. The van der Waals surface area contributed by atoms with Gasteiger partial charge in [0.05, 0.1) is 18.0 Å². The number of nitrogens with zero attached hydrogens (tertiary/aromatic N) is 2. The zero-order valence-corrected chi connectivity index (χ0v) is 18.2. The number of nitriles is 1. The Morgan fingerprint density at radius 1 is 1.23 bits per heavy atom. The van der Waals surface area contributed by atoms with Crippen LogP contribution < -0.4 is 15.0 Å². The van der Waals surface area contributed by atoms with Gasteiger partial charge in [-0.25, -0.2) is 0 Å². The summed E-state index contributed by atoms with van der Waals surface area (Å²) in [6.07, 6.45) is 0.477. The summed E-state index contributed by atoms with van der Waals surface area (Å²) in [5.74, 6) is 0.0927. The average molecular weight is 422 g/mol. The molecule has 3 rings (SSSR count). The number of aryl methyl sites for hydroxylation is 2. The van der Waals surface area contributed by atoms with Gasteiger partial charge in [-0.05, 0) is 49.6 Å². The molecule has 1 N–H and O–H groups in total. The van der Waals surface area contributed by atoms with Crippen molar-refractivity contribution in [1.82, 2.24) is 5.32 Å². The van der Waals surface area contributed by atoms with E-state index in [1.165, 1.54) is 23.7 Å². The maximum absolute atomic E-state index is 13.4. The zero-order valence-electron chi connectivity index (χ0n) is 17.4. The number of nitrogens with one attached hydrogen (secondary N) is 1. The van der Waals surface area contributed by atoms with Gasteiger partial charge >= 0.3 is 0 Å². The Bertz CT molecular complexity index is 1050. The monoisotopic (exact) mass is 421 g/mol. The van der Waals surface area contributed by atoms with E-state index in [4.69, 9.17) is 4.74 Å². The maximum Gasteiger partial charge on any atom is 0.264 e. The fraction of sp³-hybridized carbons (Fsp3) is 0.261. The van der Waals surface area contributed by atoms with Crippen molar-refractivity contribution >= 4 is 29.3 Å². The molecule has 1 saturated heterocycles. The third-order valence-electron chi connectivity index (χ3n) is 4.91. The lowest BCUT2D eigenvalue weighted by Crippen LogP contribution is -2.32. The van der Waals surface area contributed by atoms with Crippen LogP contribution in [-0.2, 0) is 16.0 Å². The fourth-order valence-corrected chi connectivity index (χ4v) is 4.66. The molecule has 7 heteroatoms. The second-order valence-electron chi connectivity index (χ2n) is 6.99. The van der Waals surface area contributed by atoms with Gasteiger partial charge in [0.25, 0.3) is 5.91 Å². The van der Waals surface area contributed by atoms with Crippen molar-refractivity contribution in [2.45, 2.75) is 25.5 Å². The second-order valence-corrected chi connectivity index (χ2v) is 8.18. The molecule has 1 atom stereocenters. The first-order chi connectivity index (χ1) is 14.4. The molecule has 0 aliphatic carbocycles. The number of likely N-dealkylation sites (N-methyl/N-ethyl adjacent to an activating group) is 1. The molecular weight excluding hydrogens is 398 g/mol. The Hall–Kier alpha value is -3.24. The van der Waals surface area contributed by atoms with Gasteiger partial charge in [-0.1, -0.05) is 41.6 Å². The van der Waals surface area contributed by atoms with Crippen LogP contribution in [0.4, 0.5) is 5.69 Å². The van der Waals surface area contributed by atoms with Gasteiger partial charge in [0.2, 0.25) is 5.91 Å². The highest BCUT2D eigenvalue weighted by atomic mass is 32.2. The van der Waals surface area contributed by atoms with Gasteiger partial charge in [0.15, 0.2) is 0 Å². The molecule has 30 heavy (non-hydrogen) atoms. The lowest BCUT2D eigenvalue weighted by molar-refractivity contribution is -0.117. The van der Waals surface area contributed by atoms with Gasteiger partial charge < -0.3 is 10.1 Å². The standard InChI is InChI=1S/C23H23N3O3S/c1-14-5-10-19(15(2)11-14)26-22(28)20(12-16-6-8-17(29-4)9-7-16)30-23(26)18(13-24)21(27)25-3/h5-11,20H,12H2,1-4H3,(H,25,27)/b23-18+. The fourth-order valence-electron chi connectivity index (χ4n) is 3.36. The lowest BCUT2D eigenvalue weighted by Gasteiger charge is -2.21. The van der Waals surface area contributed by atoms with Crippen molar-refractivity contribution in [3.05, 3.63) is 69.8 Å². The topological polar surface area (TPSA) is 82.4 Å². The first-order valence-electron chi connectivity index (χ1n) is 9.46. The molecule has 2 aromatic carbocycles. The number of carbonyl (C=O) groups excluding carboxylic acids is 2. The smallest absolute Gasteiger partial charge is 0.264 e. The highest BCUT2D eigenvalue weighted by Crippen LogP contribution is 2.43. The van der Waals surface area contributed by atoms with Crippen LogP contribution in [0.1, 0.15) is 16.7 Å². The molecule has 0 radical (unpaired) electrons. The van der Waals surface area contributed by atoms with Crippen molar-refractivity contribution in [3.63, 3.8) is 0 Å². The normalized spacial score (nSPS) is 17.5. The summed E-state index contributed by atoms with van der Waals surface area (Å²) in [4.78, 5) is 27.3. The van der Waals surface area contributed by atoms with Gasteiger partial charge in [-0.3, -0.25) is 14.5 Å². The number of hydrogen-bond acceptors (Lipinski definition) is 5. The number of thioether (sulfide) groups is 1. The van der Waals surface area contributed by atoms with Crippen LogP contribution in [0.2, 0.25) is 0 Å². The van der Waals surface area contributed by atoms with Crippen LogP contribution >= 0.6 is 11.8 Å². The Kier molecular flexibility index (Phi) is 6.48. The van der Waals surface area contributed by atoms with E-state index >= 15 is 0 Å². The molecule has 6 nitrogen and oxygen atoms in total. The summed E-state index contributed by atoms with van der Waals surface area (Å²) < 4.78 is 5.19. The number of hydrogen-bond donors (Lipinski definition) is 1. The molecule has 2 amide bonds. The van der Waals surface area contributed by atoms with Crippen molar-refractivity contribution in [1.29, 1.82) is 5.26 Å². The largest absolute Gasteiger partial charge is 0.497 e. The average Bonchev–Trinajstić information content (AvgIpc) is 3.04. The number of ether oxygens (including phenoxy) is 1. The minimum absolute atomic E-state index is 0.0620. The van der Waals surface area contributed by atoms with E-state index in [0.29, 0.717) is 17.1 Å². The molecule has 1 unspecified atom stereocenters. The number of amides is 2. The SMILES string of the molecule is CNC(=O)/C(C#N)=C1/SC(Cc2ccc(OC)cc2)C(=O)N1c1ccc(C)cc1C. The summed E-state index contributed by atoms with van der Waals surface area (Å²) in [5, 5.41) is 12.1. The summed E-state index contributed by atoms with van der Waals surface area (Å²) >= 11 is 1.26. The molecule has 1 aliphatic heterocycles. The first-order valence-corrected chi connectivity index (χ1v) is 10.3. The molecule has 154 valence electrons. The van der Waals surface area contributed by atoms with Crippen LogP contribution in [0.25, 0.3) is 0 Å². The van der Waals surface area contributed by atoms with Crippen LogP contribution in [0, 0.1) is 25.2 Å². The van der Waals surface area contributed by atoms with Crippen molar-refractivity contribution in [2.75, 3.05) is 19.1 Å². The third kappa shape index (κ3) is 4.19. The number of methoxy groups -OCH3 is 1. The van der Waals surface area contributed by atoms with Gasteiger partial charge in [0.1, 0.15) is 22.4 Å². The number of anilines is 1. The predicted octanol–water partition coefficient (Wildman–Crippen LogP) is 3.48. The molecule has 0 aromatic heterocycles. The molecule has 0 spiro atoms. The Morgan fingerprint density at radius 3 is 2.50 bits per heavy atom. The third-order valence-corrected chi connectivity index (χ3v) is 6.17. The molecule has 2 aromatic rings. The molecule has 1 fully saturated rings. The molecule has 0 bridgehead atoms. The van der Waals surface area contributed by atoms with E-state index < -0.39 is 11.2 Å². The summed E-state index contributed by atoms with van der Waals surface area (Å²) in [7, 11) is 3.07. The number of rotatable bonds is 5. The minimum Gasteiger partial charge on any atom is -0.497 e. The highest BCUT2D eigenvalue weighted by molar-refractivity contribution is 8.05. The minimum atomic E-state index is -0.507. The molecule has 0 saturated carbocycles. The van der Waals surface area contributed by atoms with Crippen molar-refractivity contribution < 1.29 is 14.3 Å². The summed E-state index contributed by atoms with van der Waals surface area (Å²) in [6.45, 7) is 3.90. The summed E-state index contributed by atoms with van der Waals surface area (Å²) in [6, 6.07) is 15.3. The quantitative estimate of drug-likeness (QED) is 0.590. The molecule has 1 aliphatic rings. The van der Waals surface area contributed by atoms with Crippen LogP contribution in [0.3, 0.4) is 0 Å². The van der Waals surface area contributed by atoms with E-state index in [2.05, 4.69) is 5.32 Å². The maximum atomic E-state index is 13.4. The number of carbonyl (C=O) groups is 2. The second kappa shape index (κ2) is 9.06. The summed E-state index contributed by atoms with van der Waals surface area (Å²) in [5.41, 5.74) is 3.57. The van der Waals surface area contributed by atoms with E-state index in [0.717, 1.165) is 22.4 Å². The number of benzene rings is 2. The van der Waals surface area contributed by atoms with Crippen LogP contribution in [-0.4, -0.2) is 31.2 Å². The van der Waals surface area contributed by atoms with Gasteiger partial charge in [-0.2, -0.15) is 5.26 Å². The van der Waals surface area contributed by atoms with Crippen molar-refractivity contribution in [2.24, 2.45) is 0 Å². The van der Waals surface area contributed by atoms with E-state index in [1.807, 2.05) is 62.4 Å². The van der Waals surface area contributed by atoms with Crippen LogP contribution in [0.15, 0.2) is 53.1 Å². The Labute approximate surface area is 180 Å². The molecular formula is C23H23N3O3S. The van der Waals surface area contributed by atoms with Crippen molar-refractivity contribution in [3.8, 4) is 11.8 Å². The Morgan fingerprint density at radius 2 is 1.93 bits per heavy atom. The van der Waals surface area contributed by atoms with E-state index in [9.17, 15) is 14.9 Å². The zero-order chi connectivity index (χ0) is 21.8. The van der Waals surface area contributed by atoms with E-state index in [1.54, 1.807) is 7.11 Å². The van der Waals surface area contributed by atoms with Gasteiger partial charge in [0, 0.05) is 7.05 Å². The first kappa shape index (κ1) is 21.5. The van der Waals surface area contributed by atoms with E-state index in [-0.39, 0.29) is 11.5 Å². The molecule has 1 heterocycles. The highest BCUT2D eigenvalue weighted by Gasteiger charge is 2.41.